The van der Waals surface area contributed by atoms with Crippen LogP contribution in [0.15, 0.2) is 47.4 Å². The minimum atomic E-state index is -0.696. The molecule has 0 radical (unpaired) electrons. The van der Waals surface area contributed by atoms with Crippen LogP contribution in [0, 0.1) is 11.5 Å². The number of hydrogen-bond acceptors (Lipinski definition) is 4. The second-order valence-corrected chi connectivity index (χ2v) is 7.20. The van der Waals surface area contributed by atoms with E-state index in [-0.39, 0.29) is 37.2 Å². The van der Waals surface area contributed by atoms with Crippen LogP contribution in [0.3, 0.4) is 0 Å². The summed E-state index contributed by atoms with van der Waals surface area (Å²) in [6.45, 7) is 3.85. The van der Waals surface area contributed by atoms with Crippen molar-refractivity contribution in [1.29, 1.82) is 0 Å². The zero-order valence-corrected chi connectivity index (χ0v) is 19.4. The number of Topliss-reactive ketones (excluding diaryl/α,β-unsaturated/α-hetero) is 1. The van der Waals surface area contributed by atoms with Gasteiger partial charge in [-0.1, -0.05) is 40.1 Å². The number of ketones is 1. The van der Waals surface area contributed by atoms with Gasteiger partial charge < -0.3 is 4.74 Å². The molecule has 0 aliphatic carbocycles. The molecule has 1 atom stereocenters. The summed E-state index contributed by atoms with van der Waals surface area (Å²) < 4.78 is 5.74. The van der Waals surface area contributed by atoms with Gasteiger partial charge in [0.15, 0.2) is 11.3 Å². The van der Waals surface area contributed by atoms with Crippen molar-refractivity contribution in [3.63, 3.8) is 0 Å². The molecule has 0 spiro atoms. The summed E-state index contributed by atoms with van der Waals surface area (Å²) in [7, 11) is 2.15. The Morgan fingerprint density at radius 2 is 1.96 bits per heavy atom. The summed E-state index contributed by atoms with van der Waals surface area (Å²) in [5.41, 5.74) is 0.616. The van der Waals surface area contributed by atoms with E-state index in [0.717, 1.165) is 10.5 Å². The first kappa shape index (κ1) is 22.0. The van der Waals surface area contributed by atoms with Crippen molar-refractivity contribution in [3.8, 4) is 5.75 Å². The van der Waals surface area contributed by atoms with E-state index in [1.165, 1.54) is 0 Å². The normalized spacial score (nSPS) is 10.7. The van der Waals surface area contributed by atoms with Gasteiger partial charge in [-0.05, 0) is 12.1 Å². The smallest absolute Gasteiger partial charge is 0.164 e. The SMILES string of the molecule is CC(C)(CC(=O)c1cccc(OCc2[c-]cccc2S)c1)C(=O)P.[Zn]. The molecule has 6 heteroatoms. The molecule has 0 saturated heterocycles. The summed E-state index contributed by atoms with van der Waals surface area (Å²) >= 11 is 4.36. The average Bonchev–Trinajstić information content (AvgIpc) is 2.54. The van der Waals surface area contributed by atoms with E-state index in [1.54, 1.807) is 44.2 Å². The Bertz CT molecular complexity index is 762. The fraction of sp³-hybridized carbons (Fsp3) is 0.263. The summed E-state index contributed by atoms with van der Waals surface area (Å²) in [5, 5.41) is 0. The van der Waals surface area contributed by atoms with E-state index >= 15 is 0 Å². The molecule has 25 heavy (non-hydrogen) atoms. The molecule has 0 aliphatic heterocycles. The molecule has 0 fully saturated rings. The maximum absolute atomic E-state index is 12.4. The van der Waals surface area contributed by atoms with Crippen LogP contribution in [0.2, 0.25) is 0 Å². The van der Waals surface area contributed by atoms with Crippen molar-refractivity contribution >= 4 is 33.2 Å². The Morgan fingerprint density at radius 3 is 2.60 bits per heavy atom. The van der Waals surface area contributed by atoms with Gasteiger partial charge in [-0.25, -0.2) is 12.6 Å². The van der Waals surface area contributed by atoms with Crippen LogP contribution in [0.4, 0.5) is 0 Å². The number of thiol groups is 1. The third kappa shape index (κ3) is 6.33. The molecule has 2 aromatic carbocycles. The molecule has 2 aromatic rings. The van der Waals surface area contributed by atoms with Gasteiger partial charge in [0.05, 0.1) is 6.61 Å². The van der Waals surface area contributed by atoms with Crippen molar-refractivity contribution < 1.29 is 33.8 Å². The van der Waals surface area contributed by atoms with Crippen LogP contribution in [-0.2, 0) is 30.9 Å². The van der Waals surface area contributed by atoms with Gasteiger partial charge in [0.2, 0.25) is 0 Å². The summed E-state index contributed by atoms with van der Waals surface area (Å²) in [6.07, 6.45) is 0.159. The maximum atomic E-state index is 12.4. The van der Waals surface area contributed by atoms with Crippen LogP contribution in [0.1, 0.15) is 36.2 Å². The molecule has 0 saturated carbocycles. The molecule has 2 rings (SSSR count). The molecule has 0 heterocycles. The molecule has 0 N–H and O–H groups in total. The first-order valence-electron chi connectivity index (χ1n) is 7.54. The fourth-order valence-electron chi connectivity index (χ4n) is 2.08. The van der Waals surface area contributed by atoms with Crippen molar-refractivity contribution in [2.24, 2.45) is 5.41 Å². The molecule has 0 amide bonds. The topological polar surface area (TPSA) is 43.4 Å². The van der Waals surface area contributed by atoms with E-state index < -0.39 is 5.41 Å². The van der Waals surface area contributed by atoms with E-state index in [1.807, 2.05) is 12.1 Å². The van der Waals surface area contributed by atoms with Gasteiger partial charge in [-0.3, -0.25) is 9.59 Å². The second kappa shape index (κ2) is 9.62. The molecule has 128 valence electrons. The minimum absolute atomic E-state index is 0. The monoisotopic (exact) mass is 423 g/mol. The molecule has 3 nitrogen and oxygen atoms in total. The van der Waals surface area contributed by atoms with Crippen molar-refractivity contribution in [2.75, 3.05) is 0 Å². The molecular formula is C19H20O3PSZn-. The van der Waals surface area contributed by atoms with Gasteiger partial charge in [0.25, 0.3) is 0 Å². The van der Waals surface area contributed by atoms with Crippen LogP contribution in [-0.4, -0.2) is 11.3 Å². The van der Waals surface area contributed by atoms with E-state index in [2.05, 4.69) is 27.9 Å². The predicted octanol–water partition coefficient (Wildman–Crippen LogP) is 4.35. The number of carbonyl (C=O) groups is 2. The molecule has 0 bridgehead atoms. The van der Waals surface area contributed by atoms with Crippen LogP contribution in [0.5, 0.6) is 5.75 Å². The van der Waals surface area contributed by atoms with E-state index in [9.17, 15) is 9.59 Å². The third-order valence-electron chi connectivity index (χ3n) is 3.73. The summed E-state index contributed by atoms with van der Waals surface area (Å²) in [4.78, 5) is 24.8. The van der Waals surface area contributed by atoms with Gasteiger partial charge in [0, 0.05) is 36.9 Å². The molecule has 0 aliphatic rings. The van der Waals surface area contributed by atoms with Crippen molar-refractivity contribution in [1.82, 2.24) is 0 Å². The Morgan fingerprint density at radius 1 is 1.24 bits per heavy atom. The standard InChI is InChI=1S/C19H20O3PS.Zn/c1-19(2,18(21)23)11-16(20)13-7-5-8-15(10-13)22-12-14-6-3-4-9-17(14)24;/h3-5,7-10,24H,11-12,23H2,1-2H3;/q-1;. The number of benzene rings is 2. The van der Waals surface area contributed by atoms with Gasteiger partial charge in [-0.2, -0.15) is 24.3 Å². The number of rotatable bonds is 7. The average molecular weight is 425 g/mol. The van der Waals surface area contributed by atoms with Crippen LogP contribution >= 0.6 is 21.9 Å². The van der Waals surface area contributed by atoms with E-state index in [4.69, 9.17) is 4.74 Å². The van der Waals surface area contributed by atoms with Gasteiger partial charge in [0.1, 0.15) is 5.75 Å². The van der Waals surface area contributed by atoms with Crippen molar-refractivity contribution in [2.45, 2.75) is 31.8 Å². The Hall–Kier alpha value is -1.02. The zero-order chi connectivity index (χ0) is 17.7. The van der Waals surface area contributed by atoms with E-state index in [0.29, 0.717) is 17.9 Å². The largest absolute Gasteiger partial charge is 0.491 e. The second-order valence-electron chi connectivity index (χ2n) is 6.20. The zero-order valence-electron chi connectivity index (χ0n) is 14.4. The number of carbonyl (C=O) groups excluding carboxylic acids is 2. The van der Waals surface area contributed by atoms with Crippen molar-refractivity contribution in [3.05, 3.63) is 59.7 Å². The molecular weight excluding hydrogens is 405 g/mol. The quantitative estimate of drug-likeness (QED) is 0.236. The van der Waals surface area contributed by atoms with Crippen LogP contribution < -0.4 is 4.74 Å². The Kier molecular flexibility index (Phi) is 8.47. The first-order chi connectivity index (χ1) is 11.3. The first-order valence-corrected chi connectivity index (χ1v) is 8.56. The summed E-state index contributed by atoms with van der Waals surface area (Å²) in [6, 6.07) is 15.6. The van der Waals surface area contributed by atoms with Gasteiger partial charge in [-0.15, -0.1) is 5.56 Å². The van der Waals surface area contributed by atoms with Gasteiger partial charge >= 0.3 is 0 Å². The van der Waals surface area contributed by atoms with Crippen LogP contribution in [0.25, 0.3) is 0 Å². The molecule has 1 unspecified atom stereocenters. The third-order valence-corrected chi connectivity index (χ3v) is 4.93. The Balaban J connectivity index is 0.00000312. The minimum Gasteiger partial charge on any atom is -0.491 e. The summed E-state index contributed by atoms with van der Waals surface area (Å²) in [5.74, 6) is 0.517. The fourth-order valence-corrected chi connectivity index (χ4v) is 2.40. The number of hydrogen-bond donors (Lipinski definition) is 1. The Labute approximate surface area is 169 Å². The maximum Gasteiger partial charge on any atom is 0.164 e. The number of ether oxygens (including phenoxy) is 1. The predicted molar refractivity (Wildman–Crippen MR) is 101 cm³/mol. The molecule has 0 aromatic heterocycles.